The maximum absolute atomic E-state index is 12.3. The second kappa shape index (κ2) is 8.52. The molecule has 0 aliphatic rings. The molecule has 0 fully saturated rings. The third kappa shape index (κ3) is 4.65. The average Bonchev–Trinajstić information content (AvgIpc) is 3.06. The molecule has 1 N–H and O–H groups in total. The SMILES string of the molecule is CCC(=O)c1ccc(OCC(=O)Nc2cc(C)nn2-c2ccc(C)cc2)cc1. The van der Waals surface area contributed by atoms with Crippen LogP contribution in [0.2, 0.25) is 0 Å². The highest BCUT2D eigenvalue weighted by molar-refractivity contribution is 5.96. The fraction of sp³-hybridized carbons (Fsp3) is 0.227. The zero-order valence-corrected chi connectivity index (χ0v) is 16.2. The molecule has 0 atom stereocenters. The van der Waals surface area contributed by atoms with Crippen molar-refractivity contribution in [3.63, 3.8) is 0 Å². The molecule has 0 aliphatic carbocycles. The van der Waals surface area contributed by atoms with Crippen LogP contribution in [0.15, 0.2) is 54.6 Å². The lowest BCUT2D eigenvalue weighted by Gasteiger charge is -2.10. The fourth-order valence-corrected chi connectivity index (χ4v) is 2.74. The number of nitrogens with zero attached hydrogens (tertiary/aromatic N) is 2. The molecule has 0 spiro atoms. The molecule has 2 aromatic carbocycles. The summed E-state index contributed by atoms with van der Waals surface area (Å²) >= 11 is 0. The Balaban J connectivity index is 1.64. The van der Waals surface area contributed by atoms with E-state index < -0.39 is 0 Å². The van der Waals surface area contributed by atoms with Gasteiger partial charge in [-0.15, -0.1) is 0 Å². The molecule has 144 valence electrons. The predicted octanol–water partition coefficient (Wildman–Crippen LogP) is 4.10. The number of rotatable bonds is 7. The zero-order chi connectivity index (χ0) is 20.1. The van der Waals surface area contributed by atoms with Crippen molar-refractivity contribution < 1.29 is 14.3 Å². The van der Waals surface area contributed by atoms with Gasteiger partial charge in [0.1, 0.15) is 11.6 Å². The molecule has 0 saturated carbocycles. The Morgan fingerprint density at radius 1 is 1.04 bits per heavy atom. The number of benzene rings is 2. The maximum Gasteiger partial charge on any atom is 0.263 e. The quantitative estimate of drug-likeness (QED) is 0.629. The summed E-state index contributed by atoms with van der Waals surface area (Å²) in [5, 5.41) is 7.28. The van der Waals surface area contributed by atoms with E-state index in [1.165, 1.54) is 0 Å². The Hall–Kier alpha value is -3.41. The summed E-state index contributed by atoms with van der Waals surface area (Å²) in [6.45, 7) is 5.57. The van der Waals surface area contributed by atoms with Crippen LogP contribution >= 0.6 is 0 Å². The minimum absolute atomic E-state index is 0.0732. The van der Waals surface area contributed by atoms with Crippen LogP contribution in [0.1, 0.15) is 35.0 Å². The van der Waals surface area contributed by atoms with Crippen molar-refractivity contribution in [3.05, 3.63) is 71.4 Å². The Morgan fingerprint density at radius 2 is 1.71 bits per heavy atom. The molecular formula is C22H23N3O3. The summed E-state index contributed by atoms with van der Waals surface area (Å²) in [6.07, 6.45) is 0.455. The van der Waals surface area contributed by atoms with Crippen molar-refractivity contribution >= 4 is 17.5 Å². The second-order valence-electron chi connectivity index (χ2n) is 6.56. The van der Waals surface area contributed by atoms with E-state index in [0.717, 1.165) is 16.9 Å². The van der Waals surface area contributed by atoms with Gasteiger partial charge in [0.15, 0.2) is 12.4 Å². The lowest BCUT2D eigenvalue weighted by Crippen LogP contribution is -2.21. The first-order valence-electron chi connectivity index (χ1n) is 9.16. The summed E-state index contributed by atoms with van der Waals surface area (Å²) in [5.74, 6) is 0.899. The molecular weight excluding hydrogens is 354 g/mol. The van der Waals surface area contributed by atoms with Gasteiger partial charge in [-0.1, -0.05) is 24.6 Å². The number of amides is 1. The highest BCUT2D eigenvalue weighted by atomic mass is 16.5. The van der Waals surface area contributed by atoms with E-state index in [0.29, 0.717) is 23.6 Å². The Labute approximate surface area is 164 Å². The minimum atomic E-state index is -0.290. The van der Waals surface area contributed by atoms with Crippen LogP contribution in [0, 0.1) is 13.8 Å². The van der Waals surface area contributed by atoms with E-state index in [1.807, 2.05) is 51.1 Å². The number of carbonyl (C=O) groups excluding carboxylic acids is 2. The number of aromatic nitrogens is 2. The van der Waals surface area contributed by atoms with Gasteiger partial charge in [0, 0.05) is 18.1 Å². The van der Waals surface area contributed by atoms with Crippen molar-refractivity contribution in [1.29, 1.82) is 0 Å². The van der Waals surface area contributed by atoms with E-state index in [9.17, 15) is 9.59 Å². The summed E-state index contributed by atoms with van der Waals surface area (Å²) in [4.78, 5) is 24.0. The number of aryl methyl sites for hydroxylation is 2. The van der Waals surface area contributed by atoms with Crippen LogP contribution in [0.3, 0.4) is 0 Å². The molecule has 3 rings (SSSR count). The average molecular weight is 377 g/mol. The standard InChI is InChI=1S/C22H23N3O3/c1-4-20(26)17-7-11-19(12-8-17)28-14-22(27)23-21-13-16(3)24-25(21)18-9-5-15(2)6-10-18/h5-13H,4,14H2,1-3H3,(H,23,27). The Morgan fingerprint density at radius 3 is 2.36 bits per heavy atom. The van der Waals surface area contributed by atoms with Gasteiger partial charge in [0.2, 0.25) is 0 Å². The first-order chi connectivity index (χ1) is 13.5. The van der Waals surface area contributed by atoms with Crippen LogP contribution in [0.25, 0.3) is 5.69 Å². The number of hydrogen-bond acceptors (Lipinski definition) is 4. The van der Waals surface area contributed by atoms with Crippen molar-refractivity contribution in [3.8, 4) is 11.4 Å². The smallest absolute Gasteiger partial charge is 0.263 e. The first-order valence-corrected chi connectivity index (χ1v) is 9.16. The van der Waals surface area contributed by atoms with Gasteiger partial charge in [-0.3, -0.25) is 9.59 Å². The number of carbonyl (C=O) groups is 2. The number of hydrogen-bond donors (Lipinski definition) is 1. The first kappa shape index (κ1) is 19.4. The van der Waals surface area contributed by atoms with Gasteiger partial charge >= 0.3 is 0 Å². The van der Waals surface area contributed by atoms with Crippen LogP contribution in [0.4, 0.5) is 5.82 Å². The molecule has 0 bridgehead atoms. The monoisotopic (exact) mass is 377 g/mol. The Bertz CT molecular complexity index is 973. The zero-order valence-electron chi connectivity index (χ0n) is 16.2. The van der Waals surface area contributed by atoms with Gasteiger partial charge in [0.05, 0.1) is 11.4 Å². The van der Waals surface area contributed by atoms with E-state index in [1.54, 1.807) is 28.9 Å². The highest BCUT2D eigenvalue weighted by Crippen LogP contribution is 2.18. The lowest BCUT2D eigenvalue weighted by molar-refractivity contribution is -0.118. The van der Waals surface area contributed by atoms with Crippen LogP contribution < -0.4 is 10.1 Å². The molecule has 28 heavy (non-hydrogen) atoms. The number of Topliss-reactive ketones (excluding diaryl/α,β-unsaturated/α-hetero) is 1. The molecule has 3 aromatic rings. The molecule has 1 aromatic heterocycles. The number of ether oxygens (including phenoxy) is 1. The number of nitrogens with one attached hydrogen (secondary N) is 1. The third-order valence-electron chi connectivity index (χ3n) is 4.24. The van der Waals surface area contributed by atoms with Crippen LogP contribution in [-0.4, -0.2) is 28.1 Å². The van der Waals surface area contributed by atoms with E-state index in [-0.39, 0.29) is 18.3 Å². The normalized spacial score (nSPS) is 10.5. The van der Waals surface area contributed by atoms with Gasteiger partial charge in [-0.2, -0.15) is 5.10 Å². The molecule has 6 nitrogen and oxygen atoms in total. The van der Waals surface area contributed by atoms with E-state index in [2.05, 4.69) is 10.4 Å². The number of ketones is 1. The molecule has 0 saturated heterocycles. The third-order valence-corrected chi connectivity index (χ3v) is 4.24. The molecule has 6 heteroatoms. The molecule has 0 radical (unpaired) electrons. The number of anilines is 1. The second-order valence-corrected chi connectivity index (χ2v) is 6.56. The van der Waals surface area contributed by atoms with Crippen molar-refractivity contribution in [2.24, 2.45) is 0 Å². The van der Waals surface area contributed by atoms with E-state index >= 15 is 0 Å². The van der Waals surface area contributed by atoms with Crippen molar-refractivity contribution in [2.45, 2.75) is 27.2 Å². The van der Waals surface area contributed by atoms with Crippen molar-refractivity contribution in [2.75, 3.05) is 11.9 Å². The lowest BCUT2D eigenvalue weighted by atomic mass is 10.1. The summed E-state index contributed by atoms with van der Waals surface area (Å²) < 4.78 is 7.22. The van der Waals surface area contributed by atoms with Crippen LogP contribution in [0.5, 0.6) is 5.75 Å². The minimum Gasteiger partial charge on any atom is -0.484 e. The van der Waals surface area contributed by atoms with Crippen molar-refractivity contribution in [1.82, 2.24) is 9.78 Å². The molecule has 1 heterocycles. The summed E-state index contributed by atoms with van der Waals surface area (Å²) in [7, 11) is 0. The fourth-order valence-electron chi connectivity index (χ4n) is 2.74. The molecule has 1 amide bonds. The molecule has 0 aliphatic heterocycles. The van der Waals surface area contributed by atoms with E-state index in [4.69, 9.17) is 4.74 Å². The van der Waals surface area contributed by atoms with Gasteiger partial charge in [-0.05, 0) is 50.2 Å². The Kier molecular flexibility index (Phi) is 5.89. The summed E-state index contributed by atoms with van der Waals surface area (Å²) in [6, 6.07) is 16.5. The summed E-state index contributed by atoms with van der Waals surface area (Å²) in [5.41, 5.74) is 3.45. The largest absolute Gasteiger partial charge is 0.484 e. The van der Waals surface area contributed by atoms with Gasteiger partial charge < -0.3 is 10.1 Å². The van der Waals surface area contributed by atoms with Gasteiger partial charge in [-0.25, -0.2) is 4.68 Å². The predicted molar refractivity (Wildman–Crippen MR) is 108 cm³/mol. The van der Waals surface area contributed by atoms with Crippen LogP contribution in [-0.2, 0) is 4.79 Å². The topological polar surface area (TPSA) is 73.2 Å². The maximum atomic E-state index is 12.3. The van der Waals surface area contributed by atoms with Gasteiger partial charge in [0.25, 0.3) is 5.91 Å². The highest BCUT2D eigenvalue weighted by Gasteiger charge is 2.12. The molecule has 0 unspecified atom stereocenters.